The van der Waals surface area contributed by atoms with Gasteiger partial charge in [-0.25, -0.2) is 0 Å². The lowest BCUT2D eigenvalue weighted by molar-refractivity contribution is -0.249. The van der Waals surface area contributed by atoms with Crippen molar-refractivity contribution in [2.75, 3.05) is 20.3 Å². The fourth-order valence-corrected chi connectivity index (χ4v) is 6.58. The number of aliphatic hydroxyl groups excluding tert-OH is 2. The standard InChI is InChI=1S/C32H39NO11/c1-4-5-6-10-33-18-11-22(43-15(2)27(18)36)44-20-13-32(41,21(35)14-34)12-17-24(20)31(40)26-25(29(17)38)28(37)16-8-7-9-19(42-3)23(16)30(26)39/h7-9,15,18,20,22,27,33-34,36,38,40-41H,4-6,10-14H2,1-3H3/t15?,18?,20-,22?,27?,32-/m0/s1. The lowest BCUT2D eigenvalue weighted by Crippen LogP contribution is -2.54. The van der Waals surface area contributed by atoms with Gasteiger partial charge in [-0.3, -0.25) is 14.4 Å². The summed E-state index contributed by atoms with van der Waals surface area (Å²) in [5.74, 6) is -3.66. The second-order valence-electron chi connectivity index (χ2n) is 11.8. The van der Waals surface area contributed by atoms with Gasteiger partial charge in [-0.05, 0) is 26.0 Å². The maximum absolute atomic E-state index is 13.8. The molecule has 1 aliphatic heterocycles. The number of nitrogens with one attached hydrogen (secondary N) is 1. The fraction of sp³-hybridized carbons (Fsp3) is 0.531. The molecule has 12 nitrogen and oxygen atoms in total. The van der Waals surface area contributed by atoms with Gasteiger partial charge in [-0.15, -0.1) is 0 Å². The maximum atomic E-state index is 13.8. The van der Waals surface area contributed by atoms with Crippen LogP contribution in [0.2, 0.25) is 0 Å². The van der Waals surface area contributed by atoms with Crippen molar-refractivity contribution in [2.24, 2.45) is 0 Å². The van der Waals surface area contributed by atoms with Crippen molar-refractivity contribution in [1.82, 2.24) is 5.32 Å². The third-order valence-corrected chi connectivity index (χ3v) is 8.95. The molecule has 238 valence electrons. The number of methoxy groups -OCH3 is 1. The zero-order valence-electron chi connectivity index (χ0n) is 25.0. The zero-order valence-corrected chi connectivity index (χ0v) is 25.0. The molecule has 2 aliphatic carbocycles. The summed E-state index contributed by atoms with van der Waals surface area (Å²) in [5, 5.41) is 58.3. The number of benzene rings is 2. The van der Waals surface area contributed by atoms with Crippen molar-refractivity contribution >= 4 is 17.3 Å². The van der Waals surface area contributed by atoms with Crippen LogP contribution in [0.1, 0.15) is 95.0 Å². The summed E-state index contributed by atoms with van der Waals surface area (Å²) < 4.78 is 17.5. The Morgan fingerprint density at radius 1 is 1.11 bits per heavy atom. The van der Waals surface area contributed by atoms with Gasteiger partial charge in [-0.2, -0.15) is 0 Å². The summed E-state index contributed by atoms with van der Waals surface area (Å²) in [5.41, 5.74) is -3.49. The molecule has 0 spiro atoms. The number of phenolic OH excluding ortho intramolecular Hbond substituents is 2. The number of carbonyl (C=O) groups is 3. The molecule has 0 aromatic heterocycles. The highest BCUT2D eigenvalue weighted by Crippen LogP contribution is 2.52. The number of rotatable bonds is 10. The molecular formula is C32H39NO11. The number of ether oxygens (including phenoxy) is 3. The molecule has 6 atom stereocenters. The monoisotopic (exact) mass is 613 g/mol. The molecule has 6 N–H and O–H groups in total. The van der Waals surface area contributed by atoms with E-state index in [0.29, 0.717) is 6.54 Å². The topological polar surface area (TPSA) is 192 Å². The van der Waals surface area contributed by atoms with E-state index in [9.17, 15) is 39.9 Å². The van der Waals surface area contributed by atoms with Crippen molar-refractivity contribution in [3.8, 4) is 17.2 Å². The largest absolute Gasteiger partial charge is 0.507 e. The Bertz CT molecular complexity index is 1470. The first-order valence-corrected chi connectivity index (χ1v) is 14.9. The molecule has 5 rings (SSSR count). The maximum Gasteiger partial charge on any atom is 0.202 e. The van der Waals surface area contributed by atoms with Gasteiger partial charge in [0.05, 0.1) is 42.1 Å². The minimum Gasteiger partial charge on any atom is -0.507 e. The molecule has 1 saturated heterocycles. The Kier molecular flexibility index (Phi) is 9.13. The average Bonchev–Trinajstić information content (AvgIpc) is 3.00. The van der Waals surface area contributed by atoms with Crippen LogP contribution in [0.5, 0.6) is 17.2 Å². The van der Waals surface area contributed by atoms with Crippen LogP contribution in [-0.2, 0) is 20.7 Å². The van der Waals surface area contributed by atoms with Gasteiger partial charge in [-0.1, -0.05) is 31.9 Å². The minimum atomic E-state index is -2.23. The third kappa shape index (κ3) is 5.40. The van der Waals surface area contributed by atoms with Crippen LogP contribution in [0.3, 0.4) is 0 Å². The van der Waals surface area contributed by atoms with Crippen molar-refractivity contribution in [3.05, 3.63) is 51.6 Å². The van der Waals surface area contributed by atoms with E-state index in [1.807, 2.05) is 0 Å². The molecular weight excluding hydrogens is 574 g/mol. The van der Waals surface area contributed by atoms with Gasteiger partial charge in [0, 0.05) is 42.0 Å². The number of unbranched alkanes of at least 4 members (excludes halogenated alkanes) is 2. The van der Waals surface area contributed by atoms with Crippen molar-refractivity contribution in [2.45, 2.75) is 88.6 Å². The van der Waals surface area contributed by atoms with Crippen molar-refractivity contribution in [1.29, 1.82) is 0 Å². The number of aliphatic hydroxyl groups is 3. The van der Waals surface area contributed by atoms with E-state index >= 15 is 0 Å². The summed E-state index contributed by atoms with van der Waals surface area (Å²) in [6.07, 6.45) is -1.67. The zero-order chi connectivity index (χ0) is 31.9. The second-order valence-corrected chi connectivity index (χ2v) is 11.8. The van der Waals surface area contributed by atoms with E-state index in [1.165, 1.54) is 25.3 Å². The van der Waals surface area contributed by atoms with Gasteiger partial charge in [0.1, 0.15) is 29.5 Å². The number of phenols is 2. The number of carbonyl (C=O) groups excluding carboxylic acids is 3. The van der Waals surface area contributed by atoms with Gasteiger partial charge in [0.2, 0.25) is 5.78 Å². The summed E-state index contributed by atoms with van der Waals surface area (Å²) in [4.78, 5) is 40.2. The first-order valence-electron chi connectivity index (χ1n) is 14.9. The number of hydrogen-bond donors (Lipinski definition) is 6. The van der Waals surface area contributed by atoms with Crippen molar-refractivity contribution in [3.63, 3.8) is 0 Å². The van der Waals surface area contributed by atoms with Gasteiger partial charge in [0.25, 0.3) is 0 Å². The van der Waals surface area contributed by atoms with E-state index in [1.54, 1.807) is 6.92 Å². The van der Waals surface area contributed by atoms with Gasteiger partial charge >= 0.3 is 0 Å². The molecule has 44 heavy (non-hydrogen) atoms. The van der Waals surface area contributed by atoms with Crippen LogP contribution < -0.4 is 10.1 Å². The van der Waals surface area contributed by atoms with Crippen LogP contribution in [0, 0.1) is 0 Å². The highest BCUT2D eigenvalue weighted by atomic mass is 16.7. The number of fused-ring (bicyclic) bond motifs is 3. The molecule has 2 aromatic carbocycles. The number of Topliss-reactive ketones (excluding diaryl/α,β-unsaturated/α-hetero) is 1. The minimum absolute atomic E-state index is 0.0394. The highest BCUT2D eigenvalue weighted by Gasteiger charge is 2.50. The molecule has 0 amide bonds. The predicted molar refractivity (Wildman–Crippen MR) is 155 cm³/mol. The Morgan fingerprint density at radius 2 is 1.84 bits per heavy atom. The Labute approximate surface area is 254 Å². The third-order valence-electron chi connectivity index (χ3n) is 8.95. The highest BCUT2D eigenvalue weighted by molar-refractivity contribution is 6.31. The van der Waals surface area contributed by atoms with Crippen molar-refractivity contribution < 1.29 is 54.1 Å². The van der Waals surface area contributed by atoms with E-state index in [2.05, 4.69) is 12.2 Å². The summed E-state index contributed by atoms with van der Waals surface area (Å²) in [7, 11) is 1.34. The first-order chi connectivity index (χ1) is 21.0. The Hall–Kier alpha value is -3.39. The SMILES string of the molecule is CCCCCNC1CC(O[C@H]2C[C@](O)(C(=O)CO)Cc3c(O)c4c(c(O)c32)C(=O)c2c(OC)cccc2C4=O)OC(C)C1O. The van der Waals surface area contributed by atoms with Crippen LogP contribution >= 0.6 is 0 Å². The van der Waals surface area contributed by atoms with E-state index in [0.717, 1.165) is 19.3 Å². The fourth-order valence-electron chi connectivity index (χ4n) is 6.58. The van der Waals surface area contributed by atoms with E-state index < -0.39 is 95.7 Å². The number of hydrogen-bond acceptors (Lipinski definition) is 12. The van der Waals surface area contributed by atoms with Crippen LogP contribution in [0.4, 0.5) is 0 Å². The van der Waals surface area contributed by atoms with E-state index in [-0.39, 0.29) is 34.4 Å². The molecule has 0 radical (unpaired) electrons. The van der Waals surface area contributed by atoms with Crippen LogP contribution in [-0.4, -0.2) is 93.3 Å². The summed E-state index contributed by atoms with van der Waals surface area (Å²) >= 11 is 0. The molecule has 3 aliphatic rings. The number of aromatic hydroxyl groups is 2. The average molecular weight is 614 g/mol. The van der Waals surface area contributed by atoms with Gasteiger partial charge < -0.3 is 45.1 Å². The molecule has 2 aromatic rings. The molecule has 0 bridgehead atoms. The molecule has 0 saturated carbocycles. The van der Waals surface area contributed by atoms with E-state index in [4.69, 9.17) is 14.2 Å². The summed E-state index contributed by atoms with van der Waals surface area (Å²) in [6.45, 7) is 3.42. The first kappa shape index (κ1) is 32.0. The molecule has 12 heteroatoms. The predicted octanol–water partition coefficient (Wildman–Crippen LogP) is 1.82. The normalized spacial score (nSPS) is 27.8. The van der Waals surface area contributed by atoms with Gasteiger partial charge in [0.15, 0.2) is 17.9 Å². The second kappa shape index (κ2) is 12.5. The lowest BCUT2D eigenvalue weighted by Gasteiger charge is -2.43. The lowest BCUT2D eigenvalue weighted by atomic mass is 9.72. The van der Waals surface area contributed by atoms with Crippen LogP contribution in [0.15, 0.2) is 18.2 Å². The Morgan fingerprint density at radius 3 is 2.52 bits per heavy atom. The Balaban J connectivity index is 1.58. The summed E-state index contributed by atoms with van der Waals surface area (Å²) in [6, 6.07) is 4.01. The number of ketones is 3. The quantitative estimate of drug-likeness (QED) is 0.144. The molecule has 1 heterocycles. The smallest absolute Gasteiger partial charge is 0.202 e. The molecule has 1 fully saturated rings. The van der Waals surface area contributed by atoms with Crippen LogP contribution in [0.25, 0.3) is 0 Å². The molecule has 4 unspecified atom stereocenters.